The van der Waals surface area contributed by atoms with Gasteiger partial charge in [-0.2, -0.15) is 0 Å². The highest BCUT2D eigenvalue weighted by atomic mass is 35.5. The zero-order valence-corrected chi connectivity index (χ0v) is 11.7. The highest BCUT2D eigenvalue weighted by Gasteiger charge is 2.25. The van der Waals surface area contributed by atoms with Crippen LogP contribution in [0.2, 0.25) is 10.0 Å². The summed E-state index contributed by atoms with van der Waals surface area (Å²) in [6.45, 7) is -0.0574. The average molecular weight is 301 g/mol. The molecule has 0 aromatic heterocycles. The Labute approximate surface area is 121 Å². The van der Waals surface area contributed by atoms with Gasteiger partial charge in [-0.05, 0) is 25.0 Å². The van der Waals surface area contributed by atoms with Gasteiger partial charge in [0.1, 0.15) is 0 Å². The number of anilines is 1. The van der Waals surface area contributed by atoms with Gasteiger partial charge in [-0.25, -0.2) is 0 Å². The summed E-state index contributed by atoms with van der Waals surface area (Å²) in [5.74, 6) is -0.307. The Morgan fingerprint density at radius 1 is 1.26 bits per heavy atom. The Bertz CT molecular complexity index is 501. The van der Waals surface area contributed by atoms with Crippen LogP contribution in [0, 0.1) is 5.92 Å². The van der Waals surface area contributed by atoms with Crippen molar-refractivity contribution >= 4 is 40.7 Å². The van der Waals surface area contributed by atoms with Crippen LogP contribution in [-0.2, 0) is 9.59 Å². The SMILES string of the molecule is O=C(CNC(=O)C1CCC1)Nc1cccc(Cl)c1Cl. The van der Waals surface area contributed by atoms with E-state index in [0.29, 0.717) is 15.7 Å². The number of nitrogens with one attached hydrogen (secondary N) is 2. The van der Waals surface area contributed by atoms with Gasteiger partial charge in [0.05, 0.1) is 22.3 Å². The van der Waals surface area contributed by atoms with E-state index >= 15 is 0 Å². The molecule has 1 aliphatic carbocycles. The molecule has 4 nitrogen and oxygen atoms in total. The van der Waals surface area contributed by atoms with E-state index < -0.39 is 0 Å². The van der Waals surface area contributed by atoms with E-state index in [9.17, 15) is 9.59 Å². The molecule has 0 radical (unpaired) electrons. The molecule has 2 amide bonds. The normalized spacial score (nSPS) is 14.6. The van der Waals surface area contributed by atoms with Crippen molar-refractivity contribution in [3.8, 4) is 0 Å². The van der Waals surface area contributed by atoms with Crippen molar-refractivity contribution in [3.05, 3.63) is 28.2 Å². The van der Waals surface area contributed by atoms with Gasteiger partial charge in [-0.3, -0.25) is 9.59 Å². The first-order chi connectivity index (χ1) is 9.08. The Morgan fingerprint density at radius 2 is 2.00 bits per heavy atom. The van der Waals surface area contributed by atoms with E-state index in [-0.39, 0.29) is 24.3 Å². The summed E-state index contributed by atoms with van der Waals surface area (Å²) >= 11 is 11.8. The van der Waals surface area contributed by atoms with E-state index in [1.54, 1.807) is 18.2 Å². The lowest BCUT2D eigenvalue weighted by Crippen LogP contribution is -2.39. The molecule has 0 aliphatic heterocycles. The minimum atomic E-state index is -0.322. The fraction of sp³-hybridized carbons (Fsp3) is 0.385. The van der Waals surface area contributed by atoms with Gasteiger partial charge in [0, 0.05) is 5.92 Å². The first-order valence-corrected chi connectivity index (χ1v) is 6.85. The summed E-state index contributed by atoms with van der Waals surface area (Å²) in [6, 6.07) is 4.98. The Kier molecular flexibility index (Phi) is 4.66. The predicted octanol–water partition coefficient (Wildman–Crippen LogP) is 2.85. The van der Waals surface area contributed by atoms with E-state index in [1.165, 1.54) is 0 Å². The van der Waals surface area contributed by atoms with Crippen LogP contribution < -0.4 is 10.6 Å². The molecular weight excluding hydrogens is 287 g/mol. The highest BCUT2D eigenvalue weighted by molar-refractivity contribution is 6.44. The molecule has 19 heavy (non-hydrogen) atoms. The van der Waals surface area contributed by atoms with Gasteiger partial charge in [0.25, 0.3) is 0 Å². The minimum Gasteiger partial charge on any atom is -0.347 e. The lowest BCUT2D eigenvalue weighted by atomic mass is 9.85. The van der Waals surface area contributed by atoms with E-state index in [1.807, 2.05) is 0 Å². The number of hydrogen-bond donors (Lipinski definition) is 2. The van der Waals surface area contributed by atoms with Gasteiger partial charge in [0.15, 0.2) is 0 Å². The molecule has 1 saturated carbocycles. The Morgan fingerprint density at radius 3 is 2.63 bits per heavy atom. The van der Waals surface area contributed by atoms with Crippen LogP contribution in [0.25, 0.3) is 0 Å². The summed E-state index contributed by atoms with van der Waals surface area (Å²) in [4.78, 5) is 23.2. The lowest BCUT2D eigenvalue weighted by Gasteiger charge is -2.23. The molecule has 0 unspecified atom stereocenters. The molecule has 0 bridgehead atoms. The first-order valence-electron chi connectivity index (χ1n) is 6.09. The Balaban J connectivity index is 1.83. The smallest absolute Gasteiger partial charge is 0.243 e. The van der Waals surface area contributed by atoms with Crippen molar-refractivity contribution in [2.45, 2.75) is 19.3 Å². The largest absolute Gasteiger partial charge is 0.347 e. The first kappa shape index (κ1) is 14.2. The van der Waals surface area contributed by atoms with Crippen molar-refractivity contribution in [1.29, 1.82) is 0 Å². The fourth-order valence-corrected chi connectivity index (χ4v) is 2.12. The van der Waals surface area contributed by atoms with E-state index in [4.69, 9.17) is 23.2 Å². The minimum absolute atomic E-state index is 0.0569. The molecule has 1 aromatic rings. The number of rotatable bonds is 4. The van der Waals surface area contributed by atoms with Crippen LogP contribution in [-0.4, -0.2) is 18.4 Å². The van der Waals surface area contributed by atoms with Crippen molar-refractivity contribution in [3.63, 3.8) is 0 Å². The number of halogens is 2. The zero-order valence-electron chi connectivity index (χ0n) is 10.2. The van der Waals surface area contributed by atoms with Gasteiger partial charge < -0.3 is 10.6 Å². The third kappa shape index (κ3) is 3.61. The number of benzene rings is 1. The molecule has 0 heterocycles. The summed E-state index contributed by atoms with van der Waals surface area (Å²) in [5.41, 5.74) is 0.442. The third-order valence-corrected chi connectivity index (χ3v) is 3.94. The molecule has 0 atom stereocenters. The summed E-state index contributed by atoms with van der Waals surface area (Å²) in [7, 11) is 0. The molecule has 6 heteroatoms. The van der Waals surface area contributed by atoms with Crippen molar-refractivity contribution in [2.24, 2.45) is 5.92 Å². The second-order valence-electron chi connectivity index (χ2n) is 4.50. The maximum Gasteiger partial charge on any atom is 0.243 e. The fourth-order valence-electron chi connectivity index (χ4n) is 1.78. The number of hydrogen-bond acceptors (Lipinski definition) is 2. The second kappa shape index (κ2) is 6.26. The molecule has 1 aromatic carbocycles. The molecule has 0 spiro atoms. The van der Waals surface area contributed by atoms with Crippen LogP contribution in [0.5, 0.6) is 0 Å². The van der Waals surface area contributed by atoms with Gasteiger partial charge in [-0.1, -0.05) is 35.7 Å². The third-order valence-electron chi connectivity index (χ3n) is 3.12. The van der Waals surface area contributed by atoms with Crippen LogP contribution in [0.3, 0.4) is 0 Å². The molecule has 2 N–H and O–H groups in total. The van der Waals surface area contributed by atoms with Crippen LogP contribution in [0.1, 0.15) is 19.3 Å². The van der Waals surface area contributed by atoms with Crippen molar-refractivity contribution < 1.29 is 9.59 Å². The molecule has 0 saturated heterocycles. The Hall–Kier alpha value is -1.26. The van der Waals surface area contributed by atoms with E-state index in [2.05, 4.69) is 10.6 Å². The maximum atomic E-state index is 11.7. The topological polar surface area (TPSA) is 58.2 Å². The van der Waals surface area contributed by atoms with E-state index in [0.717, 1.165) is 19.3 Å². The van der Waals surface area contributed by atoms with Crippen molar-refractivity contribution in [1.82, 2.24) is 5.32 Å². The highest BCUT2D eigenvalue weighted by Crippen LogP contribution is 2.29. The van der Waals surface area contributed by atoms with Crippen LogP contribution >= 0.6 is 23.2 Å². The lowest BCUT2D eigenvalue weighted by molar-refractivity contribution is -0.129. The second-order valence-corrected chi connectivity index (χ2v) is 5.28. The molecular formula is C13H14Cl2N2O2. The van der Waals surface area contributed by atoms with Gasteiger partial charge in [0.2, 0.25) is 11.8 Å². The average Bonchev–Trinajstić information content (AvgIpc) is 2.30. The molecule has 1 fully saturated rings. The zero-order chi connectivity index (χ0) is 13.8. The van der Waals surface area contributed by atoms with Gasteiger partial charge >= 0.3 is 0 Å². The van der Waals surface area contributed by atoms with Crippen LogP contribution in [0.15, 0.2) is 18.2 Å². The van der Waals surface area contributed by atoms with Crippen molar-refractivity contribution in [2.75, 3.05) is 11.9 Å². The molecule has 2 rings (SSSR count). The summed E-state index contributed by atoms with van der Waals surface area (Å²) < 4.78 is 0. The predicted molar refractivity (Wildman–Crippen MR) is 75.4 cm³/mol. The standard InChI is InChI=1S/C13H14Cl2N2O2/c14-9-5-2-6-10(12(9)15)17-11(18)7-16-13(19)8-3-1-4-8/h2,5-6,8H,1,3-4,7H2,(H,16,19)(H,17,18). The van der Waals surface area contributed by atoms with Gasteiger partial charge in [-0.15, -0.1) is 0 Å². The summed E-state index contributed by atoms with van der Waals surface area (Å²) in [6.07, 6.45) is 2.91. The number of carbonyl (C=O) groups is 2. The number of amides is 2. The molecule has 102 valence electrons. The molecule has 1 aliphatic rings. The van der Waals surface area contributed by atoms with Crippen LogP contribution in [0.4, 0.5) is 5.69 Å². The number of carbonyl (C=O) groups excluding carboxylic acids is 2. The monoisotopic (exact) mass is 300 g/mol. The quantitative estimate of drug-likeness (QED) is 0.898. The maximum absolute atomic E-state index is 11.7. The summed E-state index contributed by atoms with van der Waals surface area (Å²) in [5, 5.41) is 5.89.